The van der Waals surface area contributed by atoms with Crippen molar-refractivity contribution in [2.24, 2.45) is 5.92 Å². The van der Waals surface area contributed by atoms with Gasteiger partial charge in [0.2, 0.25) is 11.8 Å². The topological polar surface area (TPSA) is 88.2 Å². The number of nitriles is 2. The van der Waals surface area contributed by atoms with Gasteiger partial charge in [-0.25, -0.2) is 0 Å². The first-order valence-corrected chi connectivity index (χ1v) is 8.20. The second-order valence-electron chi connectivity index (χ2n) is 5.85. The molecule has 6 heteroatoms. The van der Waals surface area contributed by atoms with Crippen LogP contribution in [0.3, 0.4) is 0 Å². The number of carbonyl (C=O) groups excluding carboxylic acids is 2. The van der Waals surface area contributed by atoms with Crippen molar-refractivity contribution in [1.29, 1.82) is 10.5 Å². The Morgan fingerprint density at radius 2 is 1.72 bits per heavy atom. The number of hydrogen-bond donors (Lipinski definition) is 0. The summed E-state index contributed by atoms with van der Waals surface area (Å²) in [7, 11) is 0. The highest BCUT2D eigenvalue weighted by atomic mass is 16.2. The zero-order valence-corrected chi connectivity index (χ0v) is 14.0. The molecule has 2 rings (SSSR count). The van der Waals surface area contributed by atoms with Gasteiger partial charge >= 0.3 is 0 Å². The summed E-state index contributed by atoms with van der Waals surface area (Å²) in [6.45, 7) is 0.847. The highest BCUT2D eigenvalue weighted by molar-refractivity contribution is 5.92. The maximum Gasteiger partial charge on any atom is 0.246 e. The van der Waals surface area contributed by atoms with E-state index in [-0.39, 0.29) is 30.8 Å². The maximum absolute atomic E-state index is 12.4. The second kappa shape index (κ2) is 9.24. The average Bonchev–Trinajstić information content (AvgIpc) is 2.66. The van der Waals surface area contributed by atoms with Crippen LogP contribution in [0.4, 0.5) is 0 Å². The van der Waals surface area contributed by atoms with E-state index in [2.05, 4.69) is 0 Å². The molecule has 0 N–H and O–H groups in total. The molecule has 25 heavy (non-hydrogen) atoms. The average molecular weight is 336 g/mol. The van der Waals surface area contributed by atoms with Crippen molar-refractivity contribution in [3.05, 3.63) is 42.0 Å². The molecule has 0 saturated carbocycles. The van der Waals surface area contributed by atoms with E-state index < -0.39 is 0 Å². The fourth-order valence-corrected chi connectivity index (χ4v) is 2.82. The van der Waals surface area contributed by atoms with Gasteiger partial charge in [0.05, 0.1) is 12.1 Å². The number of rotatable bonds is 5. The van der Waals surface area contributed by atoms with E-state index in [4.69, 9.17) is 10.5 Å². The lowest BCUT2D eigenvalue weighted by atomic mass is 9.95. The number of hydrogen-bond acceptors (Lipinski definition) is 4. The molecule has 1 fully saturated rings. The zero-order valence-electron chi connectivity index (χ0n) is 14.0. The Bertz CT molecular complexity index is 691. The molecule has 1 saturated heterocycles. The number of benzene rings is 1. The molecular weight excluding hydrogens is 316 g/mol. The molecule has 0 spiro atoms. The number of nitrogens with zero attached hydrogens (tertiary/aromatic N) is 4. The van der Waals surface area contributed by atoms with Gasteiger partial charge in [-0.1, -0.05) is 30.3 Å². The van der Waals surface area contributed by atoms with Gasteiger partial charge < -0.3 is 9.80 Å². The molecule has 1 aromatic rings. The van der Waals surface area contributed by atoms with Crippen molar-refractivity contribution in [1.82, 2.24) is 9.80 Å². The van der Waals surface area contributed by atoms with Crippen LogP contribution in [0.25, 0.3) is 6.08 Å². The smallest absolute Gasteiger partial charge is 0.246 e. The standard InChI is InChI=1S/C19H20N4O2/c20-10-14-23(15-11-21)19(25)17-8-12-22(13-9-17)18(24)7-6-16-4-2-1-3-5-16/h1-7,17H,8-9,12-15H2/b7-6+. The van der Waals surface area contributed by atoms with Crippen LogP contribution >= 0.6 is 0 Å². The lowest BCUT2D eigenvalue weighted by Crippen LogP contribution is -2.44. The van der Waals surface area contributed by atoms with Gasteiger partial charge in [-0.15, -0.1) is 0 Å². The van der Waals surface area contributed by atoms with E-state index in [1.807, 2.05) is 42.5 Å². The molecule has 0 unspecified atom stereocenters. The van der Waals surface area contributed by atoms with Crippen molar-refractivity contribution in [3.63, 3.8) is 0 Å². The van der Waals surface area contributed by atoms with E-state index in [0.29, 0.717) is 25.9 Å². The molecule has 0 radical (unpaired) electrons. The van der Waals surface area contributed by atoms with E-state index in [1.165, 1.54) is 4.90 Å². The van der Waals surface area contributed by atoms with E-state index >= 15 is 0 Å². The lowest BCUT2D eigenvalue weighted by Gasteiger charge is -2.32. The Balaban J connectivity index is 1.87. The second-order valence-corrected chi connectivity index (χ2v) is 5.85. The number of carbonyl (C=O) groups is 2. The molecule has 1 aliphatic heterocycles. The predicted octanol–water partition coefficient (Wildman–Crippen LogP) is 1.81. The summed E-state index contributed by atoms with van der Waals surface area (Å²) in [6.07, 6.45) is 4.44. The Morgan fingerprint density at radius 3 is 2.28 bits per heavy atom. The molecule has 2 amide bonds. The van der Waals surface area contributed by atoms with Crippen molar-refractivity contribution in [2.45, 2.75) is 12.8 Å². The van der Waals surface area contributed by atoms with Crippen molar-refractivity contribution < 1.29 is 9.59 Å². The first-order valence-electron chi connectivity index (χ1n) is 8.20. The summed E-state index contributed by atoms with van der Waals surface area (Å²) >= 11 is 0. The quantitative estimate of drug-likeness (QED) is 0.606. The summed E-state index contributed by atoms with van der Waals surface area (Å²) in [5, 5.41) is 17.5. The van der Waals surface area contributed by atoms with Gasteiger partial charge in [0.1, 0.15) is 13.1 Å². The Hall–Kier alpha value is -3.12. The minimum absolute atomic E-state index is 0.0688. The largest absolute Gasteiger partial charge is 0.339 e. The third kappa shape index (κ3) is 5.19. The summed E-state index contributed by atoms with van der Waals surface area (Å²) < 4.78 is 0. The third-order valence-electron chi connectivity index (χ3n) is 4.21. The van der Waals surface area contributed by atoms with Gasteiger partial charge in [-0.3, -0.25) is 9.59 Å². The molecule has 0 bridgehead atoms. The number of likely N-dealkylation sites (tertiary alicyclic amines) is 1. The molecule has 128 valence electrons. The fraction of sp³-hybridized carbons (Fsp3) is 0.368. The van der Waals surface area contributed by atoms with E-state index in [0.717, 1.165) is 5.56 Å². The summed E-state index contributed by atoms with van der Waals surface area (Å²) in [5.41, 5.74) is 0.963. The van der Waals surface area contributed by atoms with Gasteiger partial charge in [-0.05, 0) is 24.5 Å². The van der Waals surface area contributed by atoms with E-state index in [9.17, 15) is 9.59 Å². The molecular formula is C19H20N4O2. The first-order chi connectivity index (χ1) is 12.2. The van der Waals surface area contributed by atoms with Crippen molar-refractivity contribution in [3.8, 4) is 12.1 Å². The molecule has 6 nitrogen and oxygen atoms in total. The Kier molecular flexibility index (Phi) is 6.74. The lowest BCUT2D eigenvalue weighted by molar-refractivity contribution is -0.138. The van der Waals surface area contributed by atoms with Crippen LogP contribution < -0.4 is 0 Å². The van der Waals surface area contributed by atoms with Crippen LogP contribution in [-0.2, 0) is 9.59 Å². The Labute approximate surface area is 147 Å². The first kappa shape index (κ1) is 18.2. The van der Waals surface area contributed by atoms with Crippen LogP contribution in [0.15, 0.2) is 36.4 Å². The number of amides is 2. The monoisotopic (exact) mass is 336 g/mol. The van der Waals surface area contributed by atoms with Crippen LogP contribution in [0.5, 0.6) is 0 Å². The molecule has 1 aromatic carbocycles. The predicted molar refractivity (Wildman–Crippen MR) is 92.6 cm³/mol. The minimum Gasteiger partial charge on any atom is -0.339 e. The van der Waals surface area contributed by atoms with Gasteiger partial charge in [0, 0.05) is 25.1 Å². The molecule has 1 aliphatic rings. The van der Waals surface area contributed by atoms with Gasteiger partial charge in [-0.2, -0.15) is 10.5 Å². The molecule has 0 aromatic heterocycles. The van der Waals surface area contributed by atoms with Crippen LogP contribution in [0, 0.1) is 28.6 Å². The minimum atomic E-state index is -0.233. The van der Waals surface area contributed by atoms with Crippen molar-refractivity contribution in [2.75, 3.05) is 26.2 Å². The number of piperidine rings is 1. The van der Waals surface area contributed by atoms with Crippen LogP contribution in [0.2, 0.25) is 0 Å². The normalized spacial score (nSPS) is 14.7. The van der Waals surface area contributed by atoms with Crippen LogP contribution in [-0.4, -0.2) is 47.8 Å². The van der Waals surface area contributed by atoms with Crippen LogP contribution in [0.1, 0.15) is 18.4 Å². The summed E-state index contributed by atoms with van der Waals surface area (Å²) in [5.74, 6) is -0.473. The Morgan fingerprint density at radius 1 is 1.12 bits per heavy atom. The van der Waals surface area contributed by atoms with Crippen molar-refractivity contribution >= 4 is 17.9 Å². The third-order valence-corrected chi connectivity index (χ3v) is 4.21. The summed E-state index contributed by atoms with van der Waals surface area (Å²) in [4.78, 5) is 27.6. The fourth-order valence-electron chi connectivity index (χ4n) is 2.82. The molecule has 0 aliphatic carbocycles. The summed E-state index contributed by atoms with van der Waals surface area (Å²) in [6, 6.07) is 13.4. The molecule has 1 heterocycles. The molecule has 0 atom stereocenters. The maximum atomic E-state index is 12.4. The van der Waals surface area contributed by atoms with Gasteiger partial charge in [0.15, 0.2) is 0 Å². The highest BCUT2D eigenvalue weighted by Gasteiger charge is 2.29. The van der Waals surface area contributed by atoms with E-state index in [1.54, 1.807) is 17.1 Å². The zero-order chi connectivity index (χ0) is 18.1. The van der Waals surface area contributed by atoms with Gasteiger partial charge in [0.25, 0.3) is 0 Å². The highest BCUT2D eigenvalue weighted by Crippen LogP contribution is 2.20. The SMILES string of the molecule is N#CCN(CC#N)C(=O)C1CCN(C(=O)/C=C/c2ccccc2)CC1.